The number of rotatable bonds is 5. The monoisotopic (exact) mass is 404 g/mol. The van der Waals surface area contributed by atoms with Crippen molar-refractivity contribution in [2.45, 2.75) is 6.92 Å². The Hall–Kier alpha value is -4.14. The van der Waals surface area contributed by atoms with Crippen LogP contribution in [-0.2, 0) is 0 Å². The van der Waals surface area contributed by atoms with Gasteiger partial charge in [0.05, 0.1) is 0 Å². The molecule has 30 heavy (non-hydrogen) atoms. The molecule has 9 nitrogen and oxygen atoms in total. The Bertz CT molecular complexity index is 1270. The maximum atomic E-state index is 11.7. The molecule has 0 aliphatic carbocycles. The zero-order chi connectivity index (χ0) is 21.3. The number of aryl methyl sites for hydroxylation is 1. The lowest BCUT2D eigenvalue weighted by molar-refractivity contribution is 0.439. The fourth-order valence-electron chi connectivity index (χ4n) is 2.82. The van der Waals surface area contributed by atoms with Crippen LogP contribution in [0.15, 0.2) is 57.7 Å². The van der Waals surface area contributed by atoms with Crippen LogP contribution in [-0.4, -0.2) is 29.0 Å². The van der Waals surface area contributed by atoms with E-state index in [1.807, 2.05) is 39.2 Å². The van der Waals surface area contributed by atoms with E-state index in [0.717, 1.165) is 16.6 Å². The molecule has 0 unspecified atom stereocenters. The molecule has 9 heteroatoms. The summed E-state index contributed by atoms with van der Waals surface area (Å²) in [5.41, 5.74) is 8.01. The Labute approximate surface area is 172 Å². The van der Waals surface area contributed by atoms with Crippen molar-refractivity contribution < 1.29 is 9.15 Å². The standard InChI is InChI=1S/C21H20N6O3/c1-12-10-18(28)30-17-11-15(8-9-16(12)17)29-21-25-19(24-20(26-21)27(2)3)23-14-6-4-13(22)5-7-14/h4-11H,22H2,1-3H3,(H,23,24,25,26). The number of nitrogens with zero attached hydrogens (tertiary/aromatic N) is 4. The molecule has 0 fully saturated rings. The summed E-state index contributed by atoms with van der Waals surface area (Å²) in [5.74, 6) is 1.17. The van der Waals surface area contributed by atoms with Gasteiger partial charge in [-0.3, -0.25) is 0 Å². The second kappa shape index (κ2) is 7.70. The van der Waals surface area contributed by atoms with Crippen molar-refractivity contribution in [3.8, 4) is 11.8 Å². The van der Waals surface area contributed by atoms with Gasteiger partial charge in [-0.25, -0.2) is 4.79 Å². The van der Waals surface area contributed by atoms with Gasteiger partial charge < -0.3 is 25.1 Å². The van der Waals surface area contributed by atoms with Crippen molar-refractivity contribution in [3.63, 3.8) is 0 Å². The van der Waals surface area contributed by atoms with Crippen LogP contribution in [0.2, 0.25) is 0 Å². The minimum atomic E-state index is -0.415. The van der Waals surface area contributed by atoms with Crippen LogP contribution in [0, 0.1) is 6.92 Å². The Balaban J connectivity index is 1.67. The number of fused-ring (bicyclic) bond motifs is 1. The van der Waals surface area contributed by atoms with Gasteiger partial charge in [-0.1, -0.05) is 0 Å². The second-order valence-electron chi connectivity index (χ2n) is 6.89. The normalized spacial score (nSPS) is 10.8. The molecule has 0 atom stereocenters. The molecule has 152 valence electrons. The summed E-state index contributed by atoms with van der Waals surface area (Å²) in [6.45, 7) is 1.85. The topological polar surface area (TPSA) is 119 Å². The molecule has 2 aromatic heterocycles. The zero-order valence-electron chi connectivity index (χ0n) is 16.7. The number of nitrogens with one attached hydrogen (secondary N) is 1. The van der Waals surface area contributed by atoms with Crippen LogP contribution in [0.25, 0.3) is 11.0 Å². The summed E-state index contributed by atoms with van der Waals surface area (Å²) in [4.78, 5) is 26.5. The van der Waals surface area contributed by atoms with E-state index in [2.05, 4.69) is 20.3 Å². The van der Waals surface area contributed by atoms with Gasteiger partial charge in [0.2, 0.25) is 11.9 Å². The lowest BCUT2D eigenvalue weighted by atomic mass is 10.1. The Morgan fingerprint density at radius 3 is 2.53 bits per heavy atom. The summed E-state index contributed by atoms with van der Waals surface area (Å²) in [5, 5.41) is 3.94. The number of hydrogen-bond acceptors (Lipinski definition) is 9. The van der Waals surface area contributed by atoms with Crippen LogP contribution in [0.5, 0.6) is 11.8 Å². The first-order chi connectivity index (χ1) is 14.4. The SMILES string of the molecule is Cc1cc(=O)oc2cc(Oc3nc(Nc4ccc(N)cc4)nc(N(C)C)n3)ccc12. The predicted octanol–water partition coefficient (Wildman–Crippen LogP) is 3.47. The minimum Gasteiger partial charge on any atom is -0.424 e. The van der Waals surface area contributed by atoms with Gasteiger partial charge in [-0.2, -0.15) is 15.0 Å². The van der Waals surface area contributed by atoms with Crippen LogP contribution in [0.1, 0.15) is 5.56 Å². The van der Waals surface area contributed by atoms with Gasteiger partial charge in [0, 0.05) is 43.0 Å². The highest BCUT2D eigenvalue weighted by Crippen LogP contribution is 2.26. The molecule has 0 saturated carbocycles. The molecule has 0 saturated heterocycles. The van der Waals surface area contributed by atoms with E-state index in [1.165, 1.54) is 6.07 Å². The van der Waals surface area contributed by atoms with E-state index in [4.69, 9.17) is 14.9 Å². The van der Waals surface area contributed by atoms with E-state index in [-0.39, 0.29) is 6.01 Å². The van der Waals surface area contributed by atoms with Crippen LogP contribution < -0.4 is 26.3 Å². The number of aromatic nitrogens is 3. The van der Waals surface area contributed by atoms with Crippen molar-refractivity contribution >= 4 is 34.2 Å². The third-order valence-electron chi connectivity index (χ3n) is 4.30. The lowest BCUT2D eigenvalue weighted by Crippen LogP contribution is -2.15. The number of nitrogen functional groups attached to an aromatic ring is 1. The molecule has 4 aromatic rings. The highest BCUT2D eigenvalue weighted by molar-refractivity contribution is 5.81. The second-order valence-corrected chi connectivity index (χ2v) is 6.89. The zero-order valence-corrected chi connectivity index (χ0v) is 16.7. The van der Waals surface area contributed by atoms with Gasteiger partial charge in [0.15, 0.2) is 0 Å². The fourth-order valence-corrected chi connectivity index (χ4v) is 2.82. The maximum absolute atomic E-state index is 11.7. The van der Waals surface area contributed by atoms with Crippen molar-refractivity contribution in [3.05, 3.63) is 64.5 Å². The first-order valence-corrected chi connectivity index (χ1v) is 9.16. The largest absolute Gasteiger partial charge is 0.424 e. The van der Waals surface area contributed by atoms with Crippen molar-refractivity contribution in [2.75, 3.05) is 30.0 Å². The van der Waals surface area contributed by atoms with E-state index >= 15 is 0 Å². The van der Waals surface area contributed by atoms with Crippen molar-refractivity contribution in [2.24, 2.45) is 0 Å². The van der Waals surface area contributed by atoms with Gasteiger partial charge in [0.1, 0.15) is 11.3 Å². The smallest absolute Gasteiger partial charge is 0.336 e. The molecule has 0 amide bonds. The first-order valence-electron chi connectivity index (χ1n) is 9.16. The van der Waals surface area contributed by atoms with E-state index in [9.17, 15) is 4.79 Å². The van der Waals surface area contributed by atoms with Crippen molar-refractivity contribution in [1.29, 1.82) is 0 Å². The quantitative estimate of drug-likeness (QED) is 0.380. The minimum absolute atomic E-state index is 0.0981. The molecule has 2 aromatic carbocycles. The van der Waals surface area contributed by atoms with Crippen LogP contribution >= 0.6 is 0 Å². The third kappa shape index (κ3) is 4.14. The Kier molecular flexibility index (Phi) is 4.93. The molecule has 0 aliphatic rings. The van der Waals surface area contributed by atoms with E-state index < -0.39 is 5.63 Å². The molecular formula is C21H20N6O3. The summed E-state index contributed by atoms with van der Waals surface area (Å²) >= 11 is 0. The molecule has 4 rings (SSSR count). The first kappa shape index (κ1) is 19.2. The van der Waals surface area contributed by atoms with Crippen molar-refractivity contribution in [1.82, 2.24) is 15.0 Å². The van der Waals surface area contributed by atoms with Crippen LogP contribution in [0.3, 0.4) is 0 Å². The highest BCUT2D eigenvalue weighted by atomic mass is 16.5. The Morgan fingerprint density at radius 2 is 1.80 bits per heavy atom. The number of hydrogen-bond donors (Lipinski definition) is 2. The molecule has 0 spiro atoms. The summed E-state index contributed by atoms with van der Waals surface area (Å²) < 4.78 is 11.1. The molecule has 0 radical (unpaired) electrons. The van der Waals surface area contributed by atoms with Gasteiger partial charge >= 0.3 is 11.6 Å². The molecule has 3 N–H and O–H groups in total. The Morgan fingerprint density at radius 1 is 1.03 bits per heavy atom. The lowest BCUT2D eigenvalue weighted by Gasteiger charge is -2.14. The number of anilines is 4. The highest BCUT2D eigenvalue weighted by Gasteiger charge is 2.12. The summed E-state index contributed by atoms with van der Waals surface area (Å²) in [6.07, 6.45) is 0. The number of nitrogens with two attached hydrogens (primary N) is 1. The van der Waals surface area contributed by atoms with Gasteiger partial charge in [0.25, 0.3) is 0 Å². The average molecular weight is 404 g/mol. The molecular weight excluding hydrogens is 384 g/mol. The number of ether oxygens (including phenoxy) is 1. The van der Waals surface area contributed by atoms with E-state index in [0.29, 0.717) is 28.9 Å². The van der Waals surface area contributed by atoms with E-state index in [1.54, 1.807) is 29.2 Å². The molecule has 2 heterocycles. The molecule has 0 aliphatic heterocycles. The predicted molar refractivity (Wildman–Crippen MR) is 116 cm³/mol. The average Bonchev–Trinajstić information content (AvgIpc) is 2.69. The van der Waals surface area contributed by atoms with Gasteiger partial charge in [-0.05, 0) is 48.9 Å². The maximum Gasteiger partial charge on any atom is 0.336 e. The third-order valence-corrected chi connectivity index (χ3v) is 4.30. The summed E-state index contributed by atoms with van der Waals surface area (Å²) in [6, 6.07) is 14.0. The molecule has 0 bridgehead atoms. The summed E-state index contributed by atoms with van der Waals surface area (Å²) in [7, 11) is 3.64. The fraction of sp³-hybridized carbons (Fsp3) is 0.143. The number of benzene rings is 2. The van der Waals surface area contributed by atoms with Crippen LogP contribution in [0.4, 0.5) is 23.3 Å². The van der Waals surface area contributed by atoms with Gasteiger partial charge in [-0.15, -0.1) is 0 Å².